The molecular weight excluding hydrogens is 395 g/mol. The third-order valence-electron chi connectivity index (χ3n) is 4.40. The Kier molecular flexibility index (Phi) is 8.34. The molecule has 2 rings (SSSR count). The smallest absolute Gasteiger partial charge is 0.242 e. The molecule has 0 saturated carbocycles. The average molecular weight is 421 g/mol. The maximum atomic E-state index is 13.1. The van der Waals surface area contributed by atoms with E-state index in [1.807, 2.05) is 44.2 Å². The van der Waals surface area contributed by atoms with E-state index < -0.39 is 6.04 Å². The van der Waals surface area contributed by atoms with E-state index >= 15 is 0 Å². The summed E-state index contributed by atoms with van der Waals surface area (Å²) in [4.78, 5) is 27.3. The first-order chi connectivity index (χ1) is 13.3. The molecule has 0 unspecified atom stereocenters. The van der Waals surface area contributed by atoms with Gasteiger partial charge in [0, 0.05) is 23.1 Å². The average Bonchev–Trinajstić information content (AvgIpc) is 2.66. The van der Waals surface area contributed by atoms with Gasteiger partial charge in [0.2, 0.25) is 11.8 Å². The normalized spacial score (nSPS) is 11.9. The Hall–Kier alpha value is -2.04. The van der Waals surface area contributed by atoms with Crippen molar-refractivity contribution in [2.75, 3.05) is 6.54 Å². The molecule has 0 aliphatic heterocycles. The quantitative estimate of drug-likeness (QED) is 0.670. The van der Waals surface area contributed by atoms with Crippen LogP contribution in [-0.2, 0) is 22.6 Å². The van der Waals surface area contributed by atoms with E-state index in [1.165, 1.54) is 0 Å². The lowest BCUT2D eigenvalue weighted by atomic mass is 10.1. The highest BCUT2D eigenvalue weighted by Gasteiger charge is 2.26. The molecule has 2 amide bonds. The minimum absolute atomic E-state index is 0.102. The van der Waals surface area contributed by atoms with Crippen LogP contribution in [-0.4, -0.2) is 29.3 Å². The number of benzene rings is 2. The SMILES string of the molecule is CC(C)CNC(=O)[C@@H](C)N(Cc1ccccc1)C(=O)Cc1ccc(Cl)cc1Cl. The Morgan fingerprint density at radius 3 is 2.32 bits per heavy atom. The molecule has 0 bridgehead atoms. The highest BCUT2D eigenvalue weighted by Crippen LogP contribution is 2.22. The zero-order valence-corrected chi connectivity index (χ0v) is 17.9. The summed E-state index contributed by atoms with van der Waals surface area (Å²) in [7, 11) is 0. The van der Waals surface area contributed by atoms with Crippen molar-refractivity contribution in [3.63, 3.8) is 0 Å². The Bertz CT molecular complexity index is 809. The first-order valence-corrected chi connectivity index (χ1v) is 10.1. The third-order valence-corrected chi connectivity index (χ3v) is 4.99. The second-order valence-corrected chi connectivity index (χ2v) is 8.08. The monoisotopic (exact) mass is 420 g/mol. The minimum atomic E-state index is -0.600. The molecule has 0 spiro atoms. The zero-order valence-electron chi connectivity index (χ0n) is 16.4. The lowest BCUT2D eigenvalue weighted by Crippen LogP contribution is -2.48. The summed E-state index contributed by atoms with van der Waals surface area (Å²) in [5.74, 6) is 0.00255. The Morgan fingerprint density at radius 2 is 1.71 bits per heavy atom. The van der Waals surface area contributed by atoms with Crippen LogP contribution in [0.25, 0.3) is 0 Å². The van der Waals surface area contributed by atoms with Gasteiger partial charge in [-0.3, -0.25) is 9.59 Å². The Morgan fingerprint density at radius 1 is 1.04 bits per heavy atom. The van der Waals surface area contributed by atoms with Crippen LogP contribution in [0.1, 0.15) is 31.9 Å². The van der Waals surface area contributed by atoms with E-state index in [-0.39, 0.29) is 18.2 Å². The summed E-state index contributed by atoms with van der Waals surface area (Å²) in [5, 5.41) is 3.87. The van der Waals surface area contributed by atoms with Gasteiger partial charge in [0.05, 0.1) is 6.42 Å². The highest BCUT2D eigenvalue weighted by molar-refractivity contribution is 6.35. The number of rotatable bonds is 8. The van der Waals surface area contributed by atoms with Gasteiger partial charge in [-0.25, -0.2) is 0 Å². The summed E-state index contributed by atoms with van der Waals surface area (Å²) < 4.78 is 0. The summed E-state index contributed by atoms with van der Waals surface area (Å²) in [5.41, 5.74) is 1.64. The lowest BCUT2D eigenvalue weighted by Gasteiger charge is -2.29. The summed E-state index contributed by atoms with van der Waals surface area (Å²) in [6.45, 7) is 6.72. The molecule has 0 aromatic heterocycles. The molecule has 2 aromatic rings. The van der Waals surface area contributed by atoms with Crippen LogP contribution in [0.3, 0.4) is 0 Å². The fraction of sp³-hybridized carbons (Fsp3) is 0.364. The zero-order chi connectivity index (χ0) is 20.7. The van der Waals surface area contributed by atoms with Gasteiger partial charge in [-0.1, -0.05) is 73.4 Å². The van der Waals surface area contributed by atoms with Crippen LogP contribution in [0.15, 0.2) is 48.5 Å². The third kappa shape index (κ3) is 6.54. The molecule has 0 aliphatic rings. The standard InChI is InChI=1S/C22H26Cl2N2O2/c1-15(2)13-25-22(28)16(3)26(14-17-7-5-4-6-8-17)21(27)11-18-9-10-19(23)12-20(18)24/h4-10,12,15-16H,11,13-14H2,1-3H3,(H,25,28)/t16-/m1/s1. The predicted octanol–water partition coefficient (Wildman–Crippen LogP) is 4.73. The molecule has 6 heteroatoms. The summed E-state index contributed by atoms with van der Waals surface area (Å²) >= 11 is 12.2. The predicted molar refractivity (Wildman–Crippen MR) is 114 cm³/mol. The topological polar surface area (TPSA) is 49.4 Å². The van der Waals surface area contributed by atoms with Gasteiger partial charge in [-0.05, 0) is 36.1 Å². The Labute approximate surface area is 176 Å². The maximum absolute atomic E-state index is 13.1. The van der Waals surface area contributed by atoms with Gasteiger partial charge < -0.3 is 10.2 Å². The van der Waals surface area contributed by atoms with Crippen molar-refractivity contribution in [2.45, 2.75) is 39.8 Å². The van der Waals surface area contributed by atoms with E-state index in [4.69, 9.17) is 23.2 Å². The number of nitrogens with one attached hydrogen (secondary N) is 1. The highest BCUT2D eigenvalue weighted by atomic mass is 35.5. The van der Waals surface area contributed by atoms with Gasteiger partial charge in [-0.15, -0.1) is 0 Å². The van der Waals surface area contributed by atoms with Crippen LogP contribution in [0.4, 0.5) is 0 Å². The van der Waals surface area contributed by atoms with Crippen LogP contribution in [0, 0.1) is 5.92 Å². The summed E-state index contributed by atoms with van der Waals surface area (Å²) in [6.07, 6.45) is 0.102. The first-order valence-electron chi connectivity index (χ1n) is 9.33. The van der Waals surface area contributed by atoms with Gasteiger partial charge in [0.1, 0.15) is 6.04 Å². The first kappa shape index (κ1) is 22.3. The molecule has 0 fully saturated rings. The van der Waals surface area contributed by atoms with Crippen LogP contribution < -0.4 is 5.32 Å². The largest absolute Gasteiger partial charge is 0.354 e. The van der Waals surface area contributed by atoms with E-state index in [1.54, 1.807) is 30.0 Å². The van der Waals surface area contributed by atoms with Crippen LogP contribution in [0.5, 0.6) is 0 Å². The number of hydrogen-bond acceptors (Lipinski definition) is 2. The molecule has 1 N–H and O–H groups in total. The number of carbonyl (C=O) groups excluding carboxylic acids is 2. The van der Waals surface area contributed by atoms with Gasteiger partial charge in [0.15, 0.2) is 0 Å². The van der Waals surface area contributed by atoms with Crippen molar-refractivity contribution < 1.29 is 9.59 Å². The Balaban J connectivity index is 2.20. The molecule has 1 atom stereocenters. The van der Waals surface area contributed by atoms with Crippen molar-refractivity contribution >= 4 is 35.0 Å². The van der Waals surface area contributed by atoms with Gasteiger partial charge >= 0.3 is 0 Å². The van der Waals surface area contributed by atoms with E-state index in [9.17, 15) is 9.59 Å². The van der Waals surface area contributed by atoms with Gasteiger partial charge in [-0.2, -0.15) is 0 Å². The van der Waals surface area contributed by atoms with Crippen LogP contribution in [0.2, 0.25) is 10.0 Å². The van der Waals surface area contributed by atoms with Crippen LogP contribution >= 0.6 is 23.2 Å². The number of carbonyl (C=O) groups is 2. The number of nitrogens with zero attached hydrogens (tertiary/aromatic N) is 1. The molecule has 0 heterocycles. The molecule has 0 aliphatic carbocycles. The molecule has 150 valence electrons. The van der Waals surface area contributed by atoms with Crippen molar-refractivity contribution in [2.24, 2.45) is 5.92 Å². The number of hydrogen-bond donors (Lipinski definition) is 1. The van der Waals surface area contributed by atoms with Crippen molar-refractivity contribution in [3.8, 4) is 0 Å². The second kappa shape index (κ2) is 10.5. The minimum Gasteiger partial charge on any atom is -0.354 e. The molecular formula is C22H26Cl2N2O2. The van der Waals surface area contributed by atoms with Gasteiger partial charge in [0.25, 0.3) is 0 Å². The van der Waals surface area contributed by atoms with E-state index in [2.05, 4.69) is 5.32 Å². The fourth-order valence-electron chi connectivity index (χ4n) is 2.74. The maximum Gasteiger partial charge on any atom is 0.242 e. The molecule has 2 aromatic carbocycles. The molecule has 0 saturated heterocycles. The fourth-order valence-corrected chi connectivity index (χ4v) is 3.22. The number of halogens is 2. The van der Waals surface area contributed by atoms with E-state index in [0.29, 0.717) is 34.6 Å². The second-order valence-electron chi connectivity index (χ2n) is 7.23. The lowest BCUT2D eigenvalue weighted by molar-refractivity contribution is -0.140. The van der Waals surface area contributed by atoms with Crippen molar-refractivity contribution in [3.05, 3.63) is 69.7 Å². The summed E-state index contributed by atoms with van der Waals surface area (Å²) in [6, 6.07) is 14.1. The molecule has 28 heavy (non-hydrogen) atoms. The van der Waals surface area contributed by atoms with Crippen molar-refractivity contribution in [1.82, 2.24) is 10.2 Å². The number of amides is 2. The molecule has 0 radical (unpaired) electrons. The molecule has 4 nitrogen and oxygen atoms in total. The van der Waals surface area contributed by atoms with E-state index in [0.717, 1.165) is 5.56 Å². The van der Waals surface area contributed by atoms with Crippen molar-refractivity contribution in [1.29, 1.82) is 0 Å².